The monoisotopic (exact) mass is 352 g/mol. The Balaban J connectivity index is 1.52. The molecule has 1 saturated heterocycles. The summed E-state index contributed by atoms with van der Waals surface area (Å²) in [5, 5.41) is 20.3. The minimum absolute atomic E-state index is 0.0556. The van der Waals surface area contributed by atoms with Crippen LogP contribution >= 0.6 is 0 Å². The Bertz CT molecular complexity index is 450. The lowest BCUT2D eigenvalue weighted by Gasteiger charge is -2.42. The van der Waals surface area contributed by atoms with Gasteiger partial charge in [-0.2, -0.15) is 0 Å². The first-order valence-corrected chi connectivity index (χ1v) is 10.3. The van der Waals surface area contributed by atoms with E-state index in [1.165, 1.54) is 25.7 Å². The maximum atomic E-state index is 12.9. The van der Waals surface area contributed by atoms with Gasteiger partial charge in [-0.1, -0.05) is 19.8 Å². The minimum atomic E-state index is -0.898. The summed E-state index contributed by atoms with van der Waals surface area (Å²) in [4.78, 5) is 14.8. The van der Waals surface area contributed by atoms with Crippen LogP contribution < -0.4 is 5.73 Å². The molecule has 0 spiro atoms. The van der Waals surface area contributed by atoms with Crippen molar-refractivity contribution in [2.75, 3.05) is 19.6 Å². The molecule has 6 atom stereocenters. The number of hydrogen-bond donors (Lipinski definition) is 3. The molecular weight excluding hydrogens is 316 g/mol. The zero-order chi connectivity index (χ0) is 18.0. The topological polar surface area (TPSA) is 86.8 Å². The summed E-state index contributed by atoms with van der Waals surface area (Å²) >= 11 is 0. The number of carbonyl (C=O) groups excluding carboxylic acids is 1. The van der Waals surface area contributed by atoms with Crippen LogP contribution in [-0.2, 0) is 4.79 Å². The number of rotatable bonds is 3. The van der Waals surface area contributed by atoms with Crippen molar-refractivity contribution >= 4 is 5.91 Å². The third-order valence-corrected chi connectivity index (χ3v) is 7.10. The molecule has 2 aliphatic carbocycles. The molecule has 0 radical (unpaired) electrons. The third-order valence-electron chi connectivity index (χ3n) is 7.10. The number of hydrogen-bond acceptors (Lipinski definition) is 4. The van der Waals surface area contributed by atoms with Crippen molar-refractivity contribution in [1.82, 2.24) is 4.90 Å². The largest absolute Gasteiger partial charge is 0.390 e. The smallest absolute Gasteiger partial charge is 0.228 e. The average molecular weight is 353 g/mol. The number of carbonyl (C=O) groups is 1. The highest BCUT2D eigenvalue weighted by Gasteiger charge is 2.41. The molecule has 3 rings (SSSR count). The number of nitrogens with zero attached hydrogens (tertiary/aromatic N) is 1. The van der Waals surface area contributed by atoms with Gasteiger partial charge in [0.25, 0.3) is 0 Å². The molecule has 5 heteroatoms. The van der Waals surface area contributed by atoms with Crippen LogP contribution in [0.25, 0.3) is 0 Å². The first-order valence-electron chi connectivity index (χ1n) is 10.3. The SMILES string of the molecule is CC1CC(O)C(O)C(C(=O)N2CCC(C3CCCC(CN)C3)CC2)C1. The zero-order valence-corrected chi connectivity index (χ0v) is 15.6. The summed E-state index contributed by atoms with van der Waals surface area (Å²) in [5.74, 6) is 2.12. The van der Waals surface area contributed by atoms with Crippen LogP contribution in [-0.4, -0.2) is 52.9 Å². The van der Waals surface area contributed by atoms with Gasteiger partial charge in [-0.15, -0.1) is 0 Å². The molecule has 3 aliphatic rings. The Morgan fingerprint density at radius 1 is 1.04 bits per heavy atom. The lowest BCUT2D eigenvalue weighted by Crippen LogP contribution is -2.51. The molecule has 0 bridgehead atoms. The van der Waals surface area contributed by atoms with Crippen LogP contribution in [0, 0.1) is 29.6 Å². The first kappa shape index (κ1) is 19.1. The van der Waals surface area contributed by atoms with Gasteiger partial charge in [0.15, 0.2) is 0 Å². The normalized spacial score (nSPS) is 40.9. The van der Waals surface area contributed by atoms with E-state index in [1.54, 1.807) is 0 Å². The molecule has 3 fully saturated rings. The van der Waals surface area contributed by atoms with Crippen molar-refractivity contribution in [3.8, 4) is 0 Å². The van der Waals surface area contributed by atoms with E-state index < -0.39 is 18.1 Å². The Hall–Kier alpha value is -0.650. The molecule has 25 heavy (non-hydrogen) atoms. The Morgan fingerprint density at radius 3 is 2.44 bits per heavy atom. The van der Waals surface area contributed by atoms with E-state index in [2.05, 4.69) is 6.92 Å². The van der Waals surface area contributed by atoms with Gasteiger partial charge in [0.2, 0.25) is 5.91 Å². The fourth-order valence-electron chi connectivity index (χ4n) is 5.54. The van der Waals surface area contributed by atoms with Gasteiger partial charge in [0.05, 0.1) is 18.1 Å². The van der Waals surface area contributed by atoms with Gasteiger partial charge in [0, 0.05) is 13.1 Å². The maximum absolute atomic E-state index is 12.9. The summed E-state index contributed by atoms with van der Waals surface area (Å²) in [6.07, 6.45) is 6.95. The average Bonchev–Trinajstić information content (AvgIpc) is 2.64. The Morgan fingerprint density at radius 2 is 1.76 bits per heavy atom. The number of piperidine rings is 1. The standard InChI is InChI=1S/C20H36N2O3/c1-13-9-17(19(24)18(23)10-13)20(25)22-7-5-15(6-8-22)16-4-2-3-14(11-16)12-21/h13-19,23-24H,2-12,21H2,1H3. The zero-order valence-electron chi connectivity index (χ0n) is 15.6. The van der Waals surface area contributed by atoms with E-state index in [0.717, 1.165) is 44.3 Å². The van der Waals surface area contributed by atoms with Crippen LogP contribution in [0.2, 0.25) is 0 Å². The van der Waals surface area contributed by atoms with Gasteiger partial charge in [-0.3, -0.25) is 4.79 Å². The van der Waals surface area contributed by atoms with Crippen molar-refractivity contribution in [2.24, 2.45) is 35.3 Å². The number of aliphatic hydroxyl groups excluding tert-OH is 2. The molecule has 5 nitrogen and oxygen atoms in total. The highest BCUT2D eigenvalue weighted by atomic mass is 16.3. The fourth-order valence-corrected chi connectivity index (χ4v) is 5.54. The van der Waals surface area contributed by atoms with Gasteiger partial charge in [-0.25, -0.2) is 0 Å². The molecular formula is C20H36N2O3. The summed E-state index contributed by atoms with van der Waals surface area (Å²) < 4.78 is 0. The number of amides is 1. The summed E-state index contributed by atoms with van der Waals surface area (Å²) in [5.41, 5.74) is 5.88. The van der Waals surface area contributed by atoms with Gasteiger partial charge >= 0.3 is 0 Å². The fraction of sp³-hybridized carbons (Fsp3) is 0.950. The number of likely N-dealkylation sites (tertiary alicyclic amines) is 1. The lowest BCUT2D eigenvalue weighted by molar-refractivity contribution is -0.149. The van der Waals surface area contributed by atoms with Gasteiger partial charge < -0.3 is 20.8 Å². The molecule has 4 N–H and O–H groups in total. The molecule has 144 valence electrons. The van der Waals surface area contributed by atoms with E-state index in [4.69, 9.17) is 5.73 Å². The predicted molar refractivity (Wildman–Crippen MR) is 97.7 cm³/mol. The highest BCUT2D eigenvalue weighted by Crippen LogP contribution is 2.38. The highest BCUT2D eigenvalue weighted by molar-refractivity contribution is 5.79. The molecule has 6 unspecified atom stereocenters. The lowest BCUT2D eigenvalue weighted by atomic mass is 9.72. The van der Waals surface area contributed by atoms with E-state index in [9.17, 15) is 15.0 Å². The third kappa shape index (κ3) is 4.37. The summed E-state index contributed by atoms with van der Waals surface area (Å²) in [7, 11) is 0. The van der Waals surface area contributed by atoms with Crippen molar-refractivity contribution in [3.05, 3.63) is 0 Å². The van der Waals surface area contributed by atoms with E-state index in [0.29, 0.717) is 24.7 Å². The quantitative estimate of drug-likeness (QED) is 0.722. The summed E-state index contributed by atoms with van der Waals surface area (Å²) in [6.45, 7) is 4.48. The van der Waals surface area contributed by atoms with Crippen molar-refractivity contribution in [1.29, 1.82) is 0 Å². The van der Waals surface area contributed by atoms with Crippen LogP contribution in [0.3, 0.4) is 0 Å². The maximum Gasteiger partial charge on any atom is 0.228 e. The molecule has 0 aromatic rings. The first-order chi connectivity index (χ1) is 12.0. The van der Waals surface area contributed by atoms with Crippen molar-refractivity contribution in [3.63, 3.8) is 0 Å². The molecule has 0 aromatic carbocycles. The predicted octanol–water partition coefficient (Wildman–Crippen LogP) is 1.76. The Kier molecular flexibility index (Phi) is 6.39. The molecule has 0 aromatic heterocycles. The Labute approximate surface area is 152 Å². The van der Waals surface area contributed by atoms with Crippen molar-refractivity contribution in [2.45, 2.75) is 70.5 Å². The molecule has 1 amide bonds. The molecule has 1 aliphatic heterocycles. The second-order valence-corrected chi connectivity index (χ2v) is 8.93. The van der Waals surface area contributed by atoms with Gasteiger partial charge in [-0.05, 0) is 68.7 Å². The number of aliphatic hydroxyl groups is 2. The van der Waals surface area contributed by atoms with E-state index >= 15 is 0 Å². The molecule has 1 heterocycles. The number of nitrogens with two attached hydrogens (primary N) is 1. The van der Waals surface area contributed by atoms with Gasteiger partial charge in [0.1, 0.15) is 0 Å². The van der Waals surface area contributed by atoms with Crippen molar-refractivity contribution < 1.29 is 15.0 Å². The van der Waals surface area contributed by atoms with Crippen LogP contribution in [0.5, 0.6) is 0 Å². The molecule has 2 saturated carbocycles. The van der Waals surface area contributed by atoms with Crippen LogP contribution in [0.4, 0.5) is 0 Å². The minimum Gasteiger partial charge on any atom is -0.390 e. The van der Waals surface area contributed by atoms with Crippen LogP contribution in [0.15, 0.2) is 0 Å². The summed E-state index contributed by atoms with van der Waals surface area (Å²) in [6, 6.07) is 0. The second kappa shape index (κ2) is 8.36. The van der Waals surface area contributed by atoms with E-state index in [1.807, 2.05) is 4.90 Å². The van der Waals surface area contributed by atoms with E-state index in [-0.39, 0.29) is 5.91 Å². The van der Waals surface area contributed by atoms with Crippen LogP contribution in [0.1, 0.15) is 58.3 Å². The second-order valence-electron chi connectivity index (χ2n) is 8.93.